The number of aryl methyl sites for hydroxylation is 3. The molecule has 260 valence electrons. The molecular formula is C41H47ClN6O2. The normalized spacial score (nSPS) is 19.5. The summed E-state index contributed by atoms with van der Waals surface area (Å²) in [5, 5.41) is 13.5. The maximum Gasteiger partial charge on any atom is 0.233 e. The van der Waals surface area contributed by atoms with Crippen LogP contribution in [0.3, 0.4) is 0 Å². The average Bonchev–Trinajstić information content (AvgIpc) is 3.78. The number of aromatic nitrogens is 2. The number of hydrogen-bond donors (Lipinski definition) is 3. The first kappa shape index (κ1) is 34.1. The maximum atomic E-state index is 13.5. The zero-order chi connectivity index (χ0) is 34.8. The molecule has 0 radical (unpaired) electrons. The fourth-order valence-electron chi connectivity index (χ4n) is 7.64. The van der Waals surface area contributed by atoms with Crippen molar-refractivity contribution in [1.82, 2.24) is 20.2 Å². The number of halogens is 1. The highest BCUT2D eigenvalue weighted by atomic mass is 35.5. The number of carbonyl (C=O) groups excluding carboxylic acids is 1. The Morgan fingerprint density at radius 2 is 1.52 bits per heavy atom. The summed E-state index contributed by atoms with van der Waals surface area (Å²) in [7, 11) is 1.69. The van der Waals surface area contributed by atoms with Gasteiger partial charge in [0.05, 0.1) is 23.6 Å². The predicted octanol–water partition coefficient (Wildman–Crippen LogP) is 7.97. The molecule has 2 aromatic heterocycles. The molecular weight excluding hydrogens is 644 g/mol. The van der Waals surface area contributed by atoms with Crippen LogP contribution in [0.15, 0.2) is 72.8 Å². The van der Waals surface area contributed by atoms with E-state index in [0.29, 0.717) is 11.1 Å². The Balaban J connectivity index is 0.000000176. The summed E-state index contributed by atoms with van der Waals surface area (Å²) in [6.07, 6.45) is 5.04. The molecule has 0 unspecified atom stereocenters. The van der Waals surface area contributed by atoms with Crippen molar-refractivity contribution in [2.45, 2.75) is 70.4 Å². The molecule has 3 aromatic carbocycles. The Morgan fingerprint density at radius 3 is 2.14 bits per heavy atom. The van der Waals surface area contributed by atoms with Gasteiger partial charge < -0.3 is 25.6 Å². The van der Waals surface area contributed by atoms with Crippen molar-refractivity contribution in [3.8, 4) is 5.75 Å². The van der Waals surface area contributed by atoms with E-state index in [4.69, 9.17) is 21.3 Å². The molecule has 50 heavy (non-hydrogen) atoms. The molecule has 8 rings (SSSR count). The summed E-state index contributed by atoms with van der Waals surface area (Å²) in [5.74, 6) is 3.00. The average molecular weight is 691 g/mol. The first-order valence-corrected chi connectivity index (χ1v) is 18.2. The van der Waals surface area contributed by atoms with Crippen molar-refractivity contribution in [3.05, 3.63) is 100 Å². The second-order valence-corrected chi connectivity index (χ2v) is 14.6. The van der Waals surface area contributed by atoms with Crippen LogP contribution >= 0.6 is 11.6 Å². The lowest BCUT2D eigenvalue weighted by atomic mass is 9.63. The lowest BCUT2D eigenvalue weighted by molar-refractivity contribution is -0.139. The van der Waals surface area contributed by atoms with Crippen LogP contribution in [0.2, 0.25) is 5.02 Å². The molecule has 8 nitrogen and oxygen atoms in total. The van der Waals surface area contributed by atoms with Gasteiger partial charge >= 0.3 is 0 Å². The number of nitrogens with zero attached hydrogens (tertiary/aromatic N) is 3. The summed E-state index contributed by atoms with van der Waals surface area (Å²) < 4.78 is 5.26. The largest absolute Gasteiger partial charge is 0.497 e. The standard InChI is InChI=1S/C26H28ClN3O.C15H19N3O/c1-17-4-9-23-22(14-17)18(2)15-24(29-23)28-21-10-13-30(16-21)25(31)26(11-3-12-26)19-5-7-20(27)8-6-19;1-10-7-15(17-11-5-6-16-9-11)18-14-4-3-12(19-2)8-13(10)14/h4-9,14-15,21H,3,10-13,16H2,1-2H3,(H,28,29);3-4,7-8,11,16H,5-6,9H2,1-2H3,(H,17,18)/t21-;11-/m00/s1. The van der Waals surface area contributed by atoms with Crippen molar-refractivity contribution in [3.63, 3.8) is 0 Å². The van der Waals surface area contributed by atoms with E-state index in [1.165, 1.54) is 22.1 Å². The van der Waals surface area contributed by atoms with Gasteiger partial charge in [-0.3, -0.25) is 4.79 Å². The number of ether oxygens (including phenoxy) is 1. The number of pyridine rings is 2. The smallest absolute Gasteiger partial charge is 0.233 e. The summed E-state index contributed by atoms with van der Waals surface area (Å²) in [6.45, 7) is 9.96. The van der Waals surface area contributed by atoms with Crippen LogP contribution in [0.1, 0.15) is 54.4 Å². The van der Waals surface area contributed by atoms with Crippen molar-refractivity contribution in [2.24, 2.45) is 0 Å². The minimum atomic E-state index is -0.366. The first-order chi connectivity index (χ1) is 24.2. The van der Waals surface area contributed by atoms with Crippen LogP contribution in [-0.2, 0) is 10.2 Å². The molecule has 3 fully saturated rings. The Bertz CT molecular complexity index is 2010. The molecule has 9 heteroatoms. The Hall–Kier alpha value is -4.40. The lowest BCUT2D eigenvalue weighted by Crippen LogP contribution is -2.50. The quantitative estimate of drug-likeness (QED) is 0.160. The molecule has 1 amide bonds. The van der Waals surface area contributed by atoms with Crippen LogP contribution < -0.4 is 20.7 Å². The number of carbonyl (C=O) groups is 1. The SMILES string of the molecule is COc1ccc2nc(N[C@H]3CCNC3)cc(C)c2c1.Cc1ccc2nc(N[C@H]3CCN(C(=O)C4(c5ccc(Cl)cc5)CCC4)C3)cc(C)c2c1. The Kier molecular flexibility index (Phi) is 9.84. The van der Waals surface area contributed by atoms with E-state index in [2.05, 4.69) is 72.0 Å². The number of rotatable bonds is 7. The van der Waals surface area contributed by atoms with Crippen LogP contribution in [0.4, 0.5) is 11.6 Å². The second kappa shape index (κ2) is 14.4. The summed E-state index contributed by atoms with van der Waals surface area (Å²) in [4.78, 5) is 25.1. The zero-order valence-electron chi connectivity index (χ0n) is 29.5. The lowest BCUT2D eigenvalue weighted by Gasteiger charge is -2.43. The molecule has 1 aliphatic carbocycles. The van der Waals surface area contributed by atoms with Gasteiger partial charge in [-0.2, -0.15) is 0 Å². The van der Waals surface area contributed by atoms with Crippen molar-refractivity contribution in [2.75, 3.05) is 43.9 Å². The van der Waals surface area contributed by atoms with Gasteiger partial charge in [-0.15, -0.1) is 0 Å². The van der Waals surface area contributed by atoms with Crippen LogP contribution in [0, 0.1) is 20.8 Å². The van der Waals surface area contributed by atoms with Crippen molar-refractivity contribution < 1.29 is 9.53 Å². The van der Waals surface area contributed by atoms with Gasteiger partial charge in [0.25, 0.3) is 0 Å². The highest BCUT2D eigenvalue weighted by molar-refractivity contribution is 6.30. The first-order valence-electron chi connectivity index (χ1n) is 17.8. The predicted molar refractivity (Wildman–Crippen MR) is 205 cm³/mol. The minimum absolute atomic E-state index is 0.223. The number of hydrogen-bond acceptors (Lipinski definition) is 7. The molecule has 5 aromatic rings. The topological polar surface area (TPSA) is 91.4 Å². The van der Waals surface area contributed by atoms with Crippen molar-refractivity contribution in [1.29, 1.82) is 0 Å². The minimum Gasteiger partial charge on any atom is -0.497 e. The van der Waals surface area contributed by atoms with E-state index in [1.54, 1.807) is 7.11 Å². The number of likely N-dealkylation sites (tertiary alicyclic amines) is 1. The second-order valence-electron chi connectivity index (χ2n) is 14.2. The van der Waals surface area contributed by atoms with Gasteiger partial charge in [0.15, 0.2) is 0 Å². The van der Waals surface area contributed by atoms with E-state index in [0.717, 1.165) is 97.7 Å². The van der Waals surface area contributed by atoms with E-state index in [9.17, 15) is 4.79 Å². The van der Waals surface area contributed by atoms with Gasteiger partial charge in [0.1, 0.15) is 17.4 Å². The molecule has 2 saturated heterocycles. The zero-order valence-corrected chi connectivity index (χ0v) is 30.2. The van der Waals surface area contributed by atoms with E-state index in [-0.39, 0.29) is 17.4 Å². The van der Waals surface area contributed by atoms with Gasteiger partial charge in [0, 0.05) is 47.5 Å². The molecule has 1 saturated carbocycles. The fourth-order valence-corrected chi connectivity index (χ4v) is 7.77. The molecule has 4 heterocycles. The highest BCUT2D eigenvalue weighted by Gasteiger charge is 2.48. The summed E-state index contributed by atoms with van der Waals surface area (Å²) in [5.41, 5.74) is 6.44. The number of methoxy groups -OCH3 is 1. The van der Waals surface area contributed by atoms with Crippen LogP contribution in [0.25, 0.3) is 21.8 Å². The molecule has 0 spiro atoms. The molecule has 2 atom stereocenters. The molecule has 0 bridgehead atoms. The molecule has 3 aliphatic rings. The van der Waals surface area contributed by atoms with Crippen LogP contribution in [0.5, 0.6) is 5.75 Å². The molecule has 2 aliphatic heterocycles. The number of benzene rings is 3. The van der Waals surface area contributed by atoms with Gasteiger partial charge in [-0.05, 0) is 124 Å². The van der Waals surface area contributed by atoms with Gasteiger partial charge in [-0.25, -0.2) is 9.97 Å². The third-order valence-electron chi connectivity index (χ3n) is 10.6. The van der Waals surface area contributed by atoms with E-state index in [1.807, 2.05) is 47.4 Å². The number of anilines is 2. The Morgan fingerprint density at radius 1 is 0.860 bits per heavy atom. The number of amides is 1. The van der Waals surface area contributed by atoms with Crippen molar-refractivity contribution >= 4 is 50.9 Å². The number of fused-ring (bicyclic) bond motifs is 2. The summed E-state index contributed by atoms with van der Waals surface area (Å²) in [6, 6.07) is 25.2. The molecule has 3 N–H and O–H groups in total. The fraction of sp³-hybridized carbons (Fsp3) is 0.390. The number of nitrogens with one attached hydrogen (secondary N) is 3. The van der Waals surface area contributed by atoms with E-state index < -0.39 is 0 Å². The highest BCUT2D eigenvalue weighted by Crippen LogP contribution is 2.46. The van der Waals surface area contributed by atoms with Crippen LogP contribution in [-0.4, -0.2) is 66.1 Å². The van der Waals surface area contributed by atoms with E-state index >= 15 is 0 Å². The Labute approximate surface area is 300 Å². The monoisotopic (exact) mass is 690 g/mol. The maximum absolute atomic E-state index is 13.5. The van der Waals surface area contributed by atoms with Gasteiger partial charge in [0.2, 0.25) is 5.91 Å². The third kappa shape index (κ3) is 7.10. The summed E-state index contributed by atoms with van der Waals surface area (Å²) >= 11 is 6.07. The van der Waals surface area contributed by atoms with Gasteiger partial charge in [-0.1, -0.05) is 41.8 Å². The third-order valence-corrected chi connectivity index (χ3v) is 10.9.